The zero-order valence-electron chi connectivity index (χ0n) is 22.0. The summed E-state index contributed by atoms with van der Waals surface area (Å²) < 4.78 is 21.6. The fourth-order valence-corrected chi connectivity index (χ4v) is 3.79. The van der Waals surface area contributed by atoms with Gasteiger partial charge in [-0.05, 0) is 50.5 Å². The minimum absolute atomic E-state index is 0.298. The molecule has 1 aliphatic rings. The summed E-state index contributed by atoms with van der Waals surface area (Å²) in [5, 5.41) is 3.38. The molecule has 0 bridgehead atoms. The number of methoxy groups -OCH3 is 1. The molecule has 10 nitrogen and oxygen atoms in total. The standard InChI is InChI=1S/C28H33N5O5/c1-4-36-14-15-38-22-11-6-19(7-12-22)16-29-26-21(10-13-23(34)37-5-2)17-30-27(33-26)24-25(20-8-9-20)31-18-32-28(24)35-3/h6-7,10-13,17-18,20H,4-5,8-9,14-16H2,1-3H3,(H,29,30,33)/b13-10+. The van der Waals surface area contributed by atoms with Crippen molar-refractivity contribution in [1.82, 2.24) is 19.9 Å². The molecule has 2 aromatic heterocycles. The molecule has 1 fully saturated rings. The van der Waals surface area contributed by atoms with Gasteiger partial charge in [0.25, 0.3) is 0 Å². The van der Waals surface area contributed by atoms with Crippen molar-refractivity contribution in [2.45, 2.75) is 39.2 Å². The molecule has 1 saturated carbocycles. The average Bonchev–Trinajstić information content (AvgIpc) is 3.79. The average molecular weight is 520 g/mol. The Morgan fingerprint density at radius 1 is 1.08 bits per heavy atom. The summed E-state index contributed by atoms with van der Waals surface area (Å²) in [6.07, 6.45) is 8.30. The van der Waals surface area contributed by atoms with Crippen LogP contribution in [0.25, 0.3) is 17.5 Å². The van der Waals surface area contributed by atoms with E-state index in [1.165, 1.54) is 12.4 Å². The van der Waals surface area contributed by atoms with Gasteiger partial charge in [-0.3, -0.25) is 0 Å². The van der Waals surface area contributed by atoms with E-state index in [4.69, 9.17) is 23.9 Å². The second-order valence-electron chi connectivity index (χ2n) is 8.54. The fraction of sp³-hybridized carbons (Fsp3) is 0.393. The Bertz CT molecular complexity index is 1240. The maximum atomic E-state index is 11.9. The number of esters is 1. The lowest BCUT2D eigenvalue weighted by atomic mass is 10.1. The van der Waals surface area contributed by atoms with Crippen LogP contribution >= 0.6 is 0 Å². The number of nitrogens with one attached hydrogen (secondary N) is 1. The van der Waals surface area contributed by atoms with Gasteiger partial charge in [0.05, 0.1) is 26.0 Å². The minimum Gasteiger partial charge on any atom is -0.491 e. The van der Waals surface area contributed by atoms with Crippen molar-refractivity contribution >= 4 is 17.9 Å². The number of ether oxygens (including phenoxy) is 4. The molecule has 3 aromatic rings. The van der Waals surface area contributed by atoms with E-state index in [2.05, 4.69) is 20.3 Å². The van der Waals surface area contributed by atoms with E-state index in [0.29, 0.717) is 67.5 Å². The van der Waals surface area contributed by atoms with Crippen LogP contribution in [0.5, 0.6) is 11.6 Å². The smallest absolute Gasteiger partial charge is 0.330 e. The molecule has 1 aromatic carbocycles. The number of nitrogens with zero attached hydrogens (tertiary/aromatic N) is 4. The highest BCUT2D eigenvalue weighted by molar-refractivity contribution is 5.88. The molecular formula is C28H33N5O5. The van der Waals surface area contributed by atoms with E-state index < -0.39 is 5.97 Å². The van der Waals surface area contributed by atoms with Gasteiger partial charge in [-0.2, -0.15) is 0 Å². The molecule has 0 amide bonds. The Labute approximate surface area is 222 Å². The fourth-order valence-electron chi connectivity index (χ4n) is 3.79. The molecule has 0 saturated heterocycles. The number of carbonyl (C=O) groups is 1. The number of carbonyl (C=O) groups excluding carboxylic acids is 1. The molecule has 1 aliphatic carbocycles. The van der Waals surface area contributed by atoms with E-state index in [1.807, 2.05) is 31.2 Å². The van der Waals surface area contributed by atoms with Gasteiger partial charge in [0.15, 0.2) is 5.82 Å². The van der Waals surface area contributed by atoms with Gasteiger partial charge in [-0.25, -0.2) is 24.7 Å². The molecule has 4 rings (SSSR count). The van der Waals surface area contributed by atoms with Crippen LogP contribution in [0.2, 0.25) is 0 Å². The molecule has 0 unspecified atom stereocenters. The lowest BCUT2D eigenvalue weighted by Crippen LogP contribution is -2.08. The van der Waals surface area contributed by atoms with Crippen LogP contribution in [0.15, 0.2) is 42.9 Å². The lowest BCUT2D eigenvalue weighted by molar-refractivity contribution is -0.137. The van der Waals surface area contributed by atoms with Crippen molar-refractivity contribution < 1.29 is 23.7 Å². The largest absolute Gasteiger partial charge is 0.491 e. The van der Waals surface area contributed by atoms with Crippen LogP contribution in [0, 0.1) is 0 Å². The van der Waals surface area contributed by atoms with Crippen molar-refractivity contribution in [3.8, 4) is 23.0 Å². The first-order valence-electron chi connectivity index (χ1n) is 12.8. The Morgan fingerprint density at radius 3 is 2.61 bits per heavy atom. The number of rotatable bonds is 14. The highest BCUT2D eigenvalue weighted by Gasteiger charge is 2.31. The van der Waals surface area contributed by atoms with Gasteiger partial charge in [0, 0.05) is 36.9 Å². The Balaban J connectivity index is 1.58. The summed E-state index contributed by atoms with van der Waals surface area (Å²) >= 11 is 0. The van der Waals surface area contributed by atoms with Gasteiger partial charge in [-0.1, -0.05) is 12.1 Å². The first-order chi connectivity index (χ1) is 18.6. The summed E-state index contributed by atoms with van der Waals surface area (Å²) in [5.41, 5.74) is 3.25. The van der Waals surface area contributed by atoms with Crippen LogP contribution in [0.4, 0.5) is 5.82 Å². The van der Waals surface area contributed by atoms with Crippen molar-refractivity contribution in [3.05, 3.63) is 59.7 Å². The molecule has 10 heteroatoms. The van der Waals surface area contributed by atoms with Crippen LogP contribution < -0.4 is 14.8 Å². The van der Waals surface area contributed by atoms with E-state index in [1.54, 1.807) is 26.3 Å². The predicted octanol–water partition coefficient (Wildman–Crippen LogP) is 4.42. The number of hydrogen-bond donors (Lipinski definition) is 1. The summed E-state index contributed by atoms with van der Waals surface area (Å²) in [6, 6.07) is 7.81. The molecule has 2 heterocycles. The second kappa shape index (κ2) is 13.5. The molecular weight excluding hydrogens is 486 g/mol. The van der Waals surface area contributed by atoms with Crippen LogP contribution in [0.3, 0.4) is 0 Å². The van der Waals surface area contributed by atoms with E-state index in [0.717, 1.165) is 29.8 Å². The Morgan fingerprint density at radius 2 is 1.89 bits per heavy atom. The maximum Gasteiger partial charge on any atom is 0.330 e. The van der Waals surface area contributed by atoms with E-state index >= 15 is 0 Å². The highest BCUT2D eigenvalue weighted by Crippen LogP contribution is 2.45. The number of anilines is 1. The SMILES string of the molecule is CCOCCOc1ccc(CNc2nc(-c3c(OC)ncnc3C3CC3)ncc2/C=C/C(=O)OCC)cc1. The van der Waals surface area contributed by atoms with Crippen molar-refractivity contribution in [2.75, 3.05) is 38.9 Å². The van der Waals surface area contributed by atoms with Crippen LogP contribution in [-0.2, 0) is 20.8 Å². The summed E-state index contributed by atoms with van der Waals surface area (Å²) in [5.74, 6) is 2.14. The molecule has 1 N–H and O–H groups in total. The summed E-state index contributed by atoms with van der Waals surface area (Å²) in [6.45, 7) is 6.23. The first-order valence-corrected chi connectivity index (χ1v) is 12.8. The molecule has 0 atom stereocenters. The highest BCUT2D eigenvalue weighted by atomic mass is 16.5. The van der Waals surface area contributed by atoms with Gasteiger partial charge in [0.1, 0.15) is 30.1 Å². The van der Waals surface area contributed by atoms with Gasteiger partial charge < -0.3 is 24.3 Å². The maximum absolute atomic E-state index is 11.9. The minimum atomic E-state index is -0.434. The van der Waals surface area contributed by atoms with Crippen LogP contribution in [0.1, 0.15) is 49.4 Å². The molecule has 0 spiro atoms. The van der Waals surface area contributed by atoms with Gasteiger partial charge in [0.2, 0.25) is 5.88 Å². The second-order valence-corrected chi connectivity index (χ2v) is 8.54. The lowest BCUT2D eigenvalue weighted by Gasteiger charge is -2.14. The van der Waals surface area contributed by atoms with Crippen molar-refractivity contribution in [1.29, 1.82) is 0 Å². The monoisotopic (exact) mass is 519 g/mol. The number of benzene rings is 1. The normalized spacial score (nSPS) is 12.9. The summed E-state index contributed by atoms with van der Waals surface area (Å²) in [7, 11) is 1.57. The summed E-state index contributed by atoms with van der Waals surface area (Å²) in [4.78, 5) is 30.1. The quantitative estimate of drug-likeness (QED) is 0.186. The topological polar surface area (TPSA) is 118 Å². The number of hydrogen-bond acceptors (Lipinski definition) is 10. The molecule has 38 heavy (non-hydrogen) atoms. The Kier molecular flexibility index (Phi) is 9.58. The van der Waals surface area contributed by atoms with E-state index in [9.17, 15) is 4.79 Å². The van der Waals surface area contributed by atoms with Crippen LogP contribution in [-0.4, -0.2) is 59.4 Å². The molecule has 0 radical (unpaired) electrons. The Hall–Kier alpha value is -4.05. The number of aromatic nitrogens is 4. The molecule has 0 aliphatic heterocycles. The third-order valence-electron chi connectivity index (χ3n) is 5.81. The predicted molar refractivity (Wildman–Crippen MR) is 143 cm³/mol. The zero-order chi connectivity index (χ0) is 26.7. The third-order valence-corrected chi connectivity index (χ3v) is 5.81. The zero-order valence-corrected chi connectivity index (χ0v) is 22.0. The van der Waals surface area contributed by atoms with Gasteiger partial charge >= 0.3 is 5.97 Å². The third kappa shape index (κ3) is 7.25. The van der Waals surface area contributed by atoms with Crippen molar-refractivity contribution in [2.24, 2.45) is 0 Å². The van der Waals surface area contributed by atoms with Crippen molar-refractivity contribution in [3.63, 3.8) is 0 Å². The van der Waals surface area contributed by atoms with E-state index in [-0.39, 0.29) is 0 Å². The first kappa shape index (κ1) is 27.0. The molecule has 200 valence electrons. The van der Waals surface area contributed by atoms with Gasteiger partial charge in [-0.15, -0.1) is 0 Å².